The lowest BCUT2D eigenvalue weighted by molar-refractivity contribution is 0.0727. The van der Waals surface area contributed by atoms with Crippen LogP contribution in [0.15, 0.2) is 53.4 Å². The number of carbonyl (C=O) groups is 1. The van der Waals surface area contributed by atoms with Crippen molar-refractivity contribution in [1.82, 2.24) is 24.9 Å². The lowest BCUT2D eigenvalue weighted by Gasteiger charge is -2.26. The second-order valence-corrected chi connectivity index (χ2v) is 8.56. The van der Waals surface area contributed by atoms with E-state index in [4.69, 9.17) is 0 Å². The number of halogens is 1. The summed E-state index contributed by atoms with van der Waals surface area (Å²) in [5.41, 5.74) is 2.39. The molecular formula is C21H21BrN6O. The fourth-order valence-electron chi connectivity index (χ4n) is 4.68. The number of aromatic nitrogens is 4. The number of nitrogens with zero attached hydrogens (tertiary/aromatic N) is 5. The van der Waals surface area contributed by atoms with E-state index in [2.05, 4.69) is 41.3 Å². The number of carbonyl (C=O) groups excluding carboxylic acids is 1. The quantitative estimate of drug-likeness (QED) is 0.654. The van der Waals surface area contributed by atoms with Crippen LogP contribution in [0, 0.1) is 6.92 Å². The topological polar surface area (TPSA) is 75.9 Å². The highest BCUT2D eigenvalue weighted by atomic mass is 79.9. The molecule has 148 valence electrons. The molecule has 0 saturated carbocycles. The summed E-state index contributed by atoms with van der Waals surface area (Å²) in [6.45, 7) is 1.98. The average Bonchev–Trinajstić information content (AvgIpc) is 3.45. The van der Waals surface area contributed by atoms with E-state index in [1.54, 1.807) is 23.4 Å². The first-order chi connectivity index (χ1) is 14.1. The predicted octanol–water partition coefficient (Wildman–Crippen LogP) is 3.59. The van der Waals surface area contributed by atoms with Gasteiger partial charge in [0.25, 0.3) is 5.91 Å². The summed E-state index contributed by atoms with van der Waals surface area (Å²) >= 11 is 3.42. The Balaban J connectivity index is 1.43. The van der Waals surface area contributed by atoms with Crippen LogP contribution in [0.1, 0.15) is 35.2 Å². The van der Waals surface area contributed by atoms with Gasteiger partial charge in [0, 0.05) is 22.8 Å². The Labute approximate surface area is 177 Å². The predicted molar refractivity (Wildman–Crippen MR) is 113 cm³/mol. The van der Waals surface area contributed by atoms with Gasteiger partial charge >= 0.3 is 0 Å². The van der Waals surface area contributed by atoms with Crippen molar-refractivity contribution in [2.24, 2.45) is 0 Å². The van der Waals surface area contributed by atoms with Crippen LogP contribution in [0.4, 0.5) is 5.82 Å². The number of rotatable bonds is 4. The Morgan fingerprint density at radius 2 is 2.00 bits per heavy atom. The maximum atomic E-state index is 13.6. The maximum absolute atomic E-state index is 13.6. The molecule has 0 aliphatic carbocycles. The van der Waals surface area contributed by atoms with Gasteiger partial charge in [-0.05, 0) is 65.9 Å². The summed E-state index contributed by atoms with van der Waals surface area (Å²) in [4.78, 5) is 21.7. The molecule has 2 bridgehead atoms. The number of para-hydroxylation sites is 1. The van der Waals surface area contributed by atoms with Crippen LogP contribution < -0.4 is 5.32 Å². The third kappa shape index (κ3) is 3.21. The Morgan fingerprint density at radius 3 is 2.76 bits per heavy atom. The molecule has 0 unspecified atom stereocenters. The Kier molecular flexibility index (Phi) is 4.58. The van der Waals surface area contributed by atoms with Gasteiger partial charge in [-0.15, -0.1) is 0 Å². The van der Waals surface area contributed by atoms with Crippen molar-refractivity contribution in [2.75, 3.05) is 5.32 Å². The van der Waals surface area contributed by atoms with E-state index < -0.39 is 0 Å². The zero-order chi connectivity index (χ0) is 20.0. The number of amides is 1. The van der Waals surface area contributed by atoms with Crippen LogP contribution in [0.3, 0.4) is 0 Å². The molecule has 8 heteroatoms. The van der Waals surface area contributed by atoms with Crippen LogP contribution in [-0.4, -0.2) is 48.9 Å². The molecule has 2 aromatic heterocycles. The number of pyridine rings is 1. The van der Waals surface area contributed by atoms with Crippen molar-refractivity contribution in [3.05, 3.63) is 64.5 Å². The minimum absolute atomic E-state index is 0.0570. The molecule has 4 heterocycles. The standard InChI is InChI=1S/C21H21BrN6O/c1-13-3-2-4-16(20(13)28-24-9-10-25-28)21(29)27-15-6-7-18(27)17(11-15)26-19-8-5-14(22)12-23-19/h2-5,8-10,12,15,17-18H,6-7,11H2,1H3,(H,23,26)/t15-,17-,18+/m1/s1. The van der Waals surface area contributed by atoms with Crippen LogP contribution in [-0.2, 0) is 0 Å². The van der Waals surface area contributed by atoms with E-state index in [0.29, 0.717) is 5.56 Å². The SMILES string of the molecule is Cc1cccc(C(=O)N2[C@@H]3CC[C@H]2[C@H](Nc2ccc(Br)cn2)C3)c1-n1nccn1. The summed E-state index contributed by atoms with van der Waals surface area (Å²) < 4.78 is 0.951. The van der Waals surface area contributed by atoms with Crippen molar-refractivity contribution in [3.63, 3.8) is 0 Å². The van der Waals surface area contributed by atoms with Gasteiger partial charge in [0.2, 0.25) is 0 Å². The summed E-state index contributed by atoms with van der Waals surface area (Å²) in [6, 6.07) is 10.3. The minimum Gasteiger partial charge on any atom is -0.365 e. The van der Waals surface area contributed by atoms with Crippen molar-refractivity contribution in [3.8, 4) is 5.69 Å². The summed E-state index contributed by atoms with van der Waals surface area (Å²) in [5.74, 6) is 0.900. The van der Waals surface area contributed by atoms with Crippen molar-refractivity contribution >= 4 is 27.7 Å². The van der Waals surface area contributed by atoms with E-state index in [9.17, 15) is 4.79 Å². The molecular weight excluding hydrogens is 432 g/mol. The number of anilines is 1. The van der Waals surface area contributed by atoms with Crippen molar-refractivity contribution < 1.29 is 4.79 Å². The molecule has 2 fully saturated rings. The van der Waals surface area contributed by atoms with E-state index in [1.807, 2.05) is 37.3 Å². The molecule has 7 nitrogen and oxygen atoms in total. The van der Waals surface area contributed by atoms with Crippen LogP contribution in [0.25, 0.3) is 5.69 Å². The Hall–Kier alpha value is -2.74. The van der Waals surface area contributed by atoms with Gasteiger partial charge in [-0.1, -0.05) is 12.1 Å². The van der Waals surface area contributed by atoms with Gasteiger partial charge in [-0.3, -0.25) is 4.79 Å². The number of hydrogen-bond donors (Lipinski definition) is 1. The number of hydrogen-bond acceptors (Lipinski definition) is 5. The normalized spacial score (nSPS) is 22.8. The number of benzene rings is 1. The number of aryl methyl sites for hydroxylation is 1. The lowest BCUT2D eigenvalue weighted by atomic mass is 9.95. The van der Waals surface area contributed by atoms with E-state index in [1.165, 1.54) is 0 Å². The monoisotopic (exact) mass is 452 g/mol. The minimum atomic E-state index is 0.0570. The fourth-order valence-corrected chi connectivity index (χ4v) is 4.91. The molecule has 2 aliphatic heterocycles. The van der Waals surface area contributed by atoms with E-state index in [-0.39, 0.29) is 24.0 Å². The first-order valence-corrected chi connectivity index (χ1v) is 10.6. The Bertz CT molecular complexity index is 1040. The molecule has 29 heavy (non-hydrogen) atoms. The van der Waals surface area contributed by atoms with Crippen LogP contribution in [0.2, 0.25) is 0 Å². The van der Waals surface area contributed by atoms with Crippen LogP contribution in [0.5, 0.6) is 0 Å². The molecule has 2 saturated heterocycles. The second-order valence-electron chi connectivity index (χ2n) is 7.65. The second kappa shape index (κ2) is 7.26. The molecule has 0 radical (unpaired) electrons. The largest absolute Gasteiger partial charge is 0.365 e. The fraction of sp³-hybridized carbons (Fsp3) is 0.333. The third-order valence-electron chi connectivity index (χ3n) is 5.92. The molecule has 0 spiro atoms. The zero-order valence-corrected chi connectivity index (χ0v) is 17.6. The van der Waals surface area contributed by atoms with Gasteiger partial charge < -0.3 is 10.2 Å². The first kappa shape index (κ1) is 18.3. The highest BCUT2D eigenvalue weighted by molar-refractivity contribution is 9.10. The summed E-state index contributed by atoms with van der Waals surface area (Å²) in [5, 5.41) is 12.1. The molecule has 3 atom stereocenters. The molecule has 1 aromatic carbocycles. The van der Waals surface area contributed by atoms with Gasteiger partial charge in [0.05, 0.1) is 24.0 Å². The molecule has 1 amide bonds. The zero-order valence-electron chi connectivity index (χ0n) is 16.0. The Morgan fingerprint density at radius 1 is 1.17 bits per heavy atom. The molecule has 3 aromatic rings. The highest BCUT2D eigenvalue weighted by Gasteiger charge is 2.49. The van der Waals surface area contributed by atoms with Gasteiger partial charge in [-0.2, -0.15) is 15.0 Å². The highest BCUT2D eigenvalue weighted by Crippen LogP contribution is 2.40. The van der Waals surface area contributed by atoms with Crippen molar-refractivity contribution in [2.45, 2.75) is 44.3 Å². The molecule has 1 N–H and O–H groups in total. The molecule has 2 aliphatic rings. The lowest BCUT2D eigenvalue weighted by Crippen LogP contribution is -2.40. The van der Waals surface area contributed by atoms with Crippen molar-refractivity contribution in [1.29, 1.82) is 0 Å². The number of fused-ring (bicyclic) bond motifs is 2. The summed E-state index contributed by atoms with van der Waals surface area (Å²) in [7, 11) is 0. The number of nitrogens with one attached hydrogen (secondary N) is 1. The van der Waals surface area contributed by atoms with Gasteiger partial charge in [-0.25, -0.2) is 4.98 Å². The van der Waals surface area contributed by atoms with E-state index >= 15 is 0 Å². The summed E-state index contributed by atoms with van der Waals surface area (Å²) in [6.07, 6.45) is 8.04. The molecule has 5 rings (SSSR count). The van der Waals surface area contributed by atoms with Gasteiger partial charge in [0.1, 0.15) is 11.5 Å². The first-order valence-electron chi connectivity index (χ1n) is 9.79. The third-order valence-corrected chi connectivity index (χ3v) is 6.39. The smallest absolute Gasteiger partial charge is 0.256 e. The average molecular weight is 453 g/mol. The van der Waals surface area contributed by atoms with Gasteiger partial charge in [0.15, 0.2) is 0 Å². The van der Waals surface area contributed by atoms with E-state index in [0.717, 1.165) is 40.8 Å². The maximum Gasteiger partial charge on any atom is 0.256 e. The van der Waals surface area contributed by atoms with Crippen LogP contribution >= 0.6 is 15.9 Å².